The van der Waals surface area contributed by atoms with Crippen LogP contribution in [-0.4, -0.2) is 0 Å². The predicted molar refractivity (Wildman–Crippen MR) is 59.5 cm³/mol. The number of rotatable bonds is 2. The summed E-state index contributed by atoms with van der Waals surface area (Å²) >= 11 is 1.34. The number of thiophene rings is 1. The zero-order valence-electron chi connectivity index (χ0n) is 8.68. The molecule has 94 valence electrons. The third-order valence-corrected chi connectivity index (χ3v) is 2.93. The summed E-state index contributed by atoms with van der Waals surface area (Å²) in [6, 6.07) is 1.65. The zero-order chi connectivity index (χ0) is 13.3. The molecule has 1 aromatic heterocycles. The lowest BCUT2D eigenvalue weighted by atomic mass is 10.1. The molecule has 0 N–H and O–H groups in total. The standard InChI is InChI=1S/C12H5F5S/c13-8-7(2-1-6-3-4-18-5-6)9(14)11(16)12(17)10(8)15/h1-5H/b2-1+. The highest BCUT2D eigenvalue weighted by Gasteiger charge is 2.23. The monoisotopic (exact) mass is 276 g/mol. The van der Waals surface area contributed by atoms with Crippen molar-refractivity contribution in [2.45, 2.75) is 0 Å². The fraction of sp³-hybridized carbons (Fsp3) is 0. The van der Waals surface area contributed by atoms with Crippen LogP contribution in [0.5, 0.6) is 0 Å². The second-order valence-corrected chi connectivity index (χ2v) is 4.15. The second kappa shape index (κ2) is 4.89. The van der Waals surface area contributed by atoms with Gasteiger partial charge in [0.25, 0.3) is 0 Å². The van der Waals surface area contributed by atoms with Gasteiger partial charge in [-0.25, -0.2) is 22.0 Å². The molecule has 0 fully saturated rings. The SMILES string of the molecule is Fc1c(F)c(F)c(/C=C/c2ccsc2)c(F)c1F. The van der Waals surface area contributed by atoms with Crippen LogP contribution in [-0.2, 0) is 0 Å². The normalized spacial score (nSPS) is 11.4. The number of halogens is 5. The van der Waals surface area contributed by atoms with Gasteiger partial charge in [-0.15, -0.1) is 0 Å². The summed E-state index contributed by atoms with van der Waals surface area (Å²) < 4.78 is 65.0. The van der Waals surface area contributed by atoms with Gasteiger partial charge in [0.2, 0.25) is 5.82 Å². The van der Waals surface area contributed by atoms with Gasteiger partial charge in [0.15, 0.2) is 23.3 Å². The molecule has 0 amide bonds. The smallest absolute Gasteiger partial charge is 0.200 e. The van der Waals surface area contributed by atoms with Crippen LogP contribution in [0.15, 0.2) is 16.8 Å². The van der Waals surface area contributed by atoms with Crippen LogP contribution in [0.1, 0.15) is 11.1 Å². The first-order valence-electron chi connectivity index (χ1n) is 4.74. The molecule has 0 bridgehead atoms. The van der Waals surface area contributed by atoms with Gasteiger partial charge < -0.3 is 0 Å². The van der Waals surface area contributed by atoms with E-state index in [-0.39, 0.29) is 0 Å². The largest absolute Gasteiger partial charge is 0.203 e. The topological polar surface area (TPSA) is 0 Å². The van der Waals surface area contributed by atoms with Crippen LogP contribution in [0.2, 0.25) is 0 Å². The van der Waals surface area contributed by atoms with Gasteiger partial charge in [-0.3, -0.25) is 0 Å². The van der Waals surface area contributed by atoms with E-state index in [4.69, 9.17) is 0 Å². The average Bonchev–Trinajstić information content (AvgIpc) is 2.87. The van der Waals surface area contributed by atoms with Crippen molar-refractivity contribution < 1.29 is 22.0 Å². The third kappa shape index (κ3) is 2.15. The zero-order valence-corrected chi connectivity index (χ0v) is 9.50. The van der Waals surface area contributed by atoms with Crippen molar-refractivity contribution in [3.05, 3.63) is 57.0 Å². The Morgan fingerprint density at radius 1 is 0.778 bits per heavy atom. The predicted octanol–water partition coefficient (Wildman–Crippen LogP) is 4.61. The molecule has 1 heterocycles. The summed E-state index contributed by atoms with van der Waals surface area (Å²) in [5.74, 6) is -9.72. The lowest BCUT2D eigenvalue weighted by Gasteiger charge is -2.03. The summed E-state index contributed by atoms with van der Waals surface area (Å²) in [7, 11) is 0. The Labute approximate surface area is 103 Å². The van der Waals surface area contributed by atoms with E-state index in [2.05, 4.69) is 0 Å². The van der Waals surface area contributed by atoms with Gasteiger partial charge in [-0.2, -0.15) is 11.3 Å². The van der Waals surface area contributed by atoms with Crippen molar-refractivity contribution in [2.24, 2.45) is 0 Å². The van der Waals surface area contributed by atoms with Gasteiger partial charge in [0.1, 0.15) is 0 Å². The Morgan fingerprint density at radius 2 is 1.33 bits per heavy atom. The van der Waals surface area contributed by atoms with E-state index in [1.165, 1.54) is 17.4 Å². The Hall–Kier alpha value is -1.69. The van der Waals surface area contributed by atoms with E-state index in [0.717, 1.165) is 6.08 Å². The second-order valence-electron chi connectivity index (χ2n) is 3.37. The molecule has 1 aromatic carbocycles. The molecule has 0 radical (unpaired) electrons. The molecule has 0 saturated heterocycles. The van der Waals surface area contributed by atoms with Crippen molar-refractivity contribution in [1.29, 1.82) is 0 Å². The molecule has 2 aromatic rings. The molecule has 0 aliphatic carbocycles. The molecule has 0 aliphatic heterocycles. The number of hydrogen-bond acceptors (Lipinski definition) is 1. The summed E-state index contributed by atoms with van der Waals surface area (Å²) in [4.78, 5) is 0. The Morgan fingerprint density at radius 3 is 1.83 bits per heavy atom. The number of benzene rings is 1. The minimum Gasteiger partial charge on any atom is -0.203 e. The first-order chi connectivity index (χ1) is 8.52. The molecule has 0 atom stereocenters. The lowest BCUT2D eigenvalue weighted by molar-refractivity contribution is 0.377. The van der Waals surface area contributed by atoms with Crippen LogP contribution >= 0.6 is 11.3 Å². The van der Waals surface area contributed by atoms with Crippen LogP contribution in [0, 0.1) is 29.1 Å². The Balaban J connectivity index is 2.52. The Bertz CT molecular complexity index is 572. The quantitative estimate of drug-likeness (QED) is 0.427. The minimum atomic E-state index is -2.15. The van der Waals surface area contributed by atoms with E-state index in [1.54, 1.807) is 16.8 Å². The summed E-state index contributed by atoms with van der Waals surface area (Å²) in [5.41, 5.74) is -0.332. The summed E-state index contributed by atoms with van der Waals surface area (Å²) in [6.07, 6.45) is 2.13. The molecule has 0 spiro atoms. The summed E-state index contributed by atoms with van der Waals surface area (Å²) in [5, 5.41) is 3.39. The molecule has 0 nitrogen and oxygen atoms in total. The summed E-state index contributed by atoms with van der Waals surface area (Å²) in [6.45, 7) is 0. The van der Waals surface area contributed by atoms with E-state index >= 15 is 0 Å². The molecule has 18 heavy (non-hydrogen) atoms. The first kappa shape index (κ1) is 12.8. The van der Waals surface area contributed by atoms with Crippen molar-refractivity contribution in [3.63, 3.8) is 0 Å². The maximum atomic E-state index is 13.3. The van der Waals surface area contributed by atoms with E-state index in [1.807, 2.05) is 0 Å². The van der Waals surface area contributed by atoms with Gasteiger partial charge in [0, 0.05) is 0 Å². The van der Waals surface area contributed by atoms with Crippen molar-refractivity contribution in [1.82, 2.24) is 0 Å². The van der Waals surface area contributed by atoms with Gasteiger partial charge in [-0.1, -0.05) is 6.08 Å². The van der Waals surface area contributed by atoms with Gasteiger partial charge in [-0.05, 0) is 28.5 Å². The molecular weight excluding hydrogens is 271 g/mol. The van der Waals surface area contributed by atoms with Crippen LogP contribution in [0.4, 0.5) is 22.0 Å². The van der Waals surface area contributed by atoms with E-state index in [9.17, 15) is 22.0 Å². The van der Waals surface area contributed by atoms with Crippen molar-refractivity contribution >= 4 is 23.5 Å². The fourth-order valence-electron chi connectivity index (χ4n) is 1.32. The molecular formula is C12H5F5S. The maximum Gasteiger partial charge on any atom is 0.200 e. The average molecular weight is 276 g/mol. The molecule has 2 rings (SSSR count). The lowest BCUT2D eigenvalue weighted by Crippen LogP contribution is -2.03. The fourth-order valence-corrected chi connectivity index (χ4v) is 1.95. The molecule has 0 saturated carbocycles. The Kier molecular flexibility index (Phi) is 3.47. The molecule has 0 unspecified atom stereocenters. The minimum absolute atomic E-state index is 0.615. The third-order valence-electron chi connectivity index (χ3n) is 2.23. The highest BCUT2D eigenvalue weighted by Crippen LogP contribution is 2.24. The highest BCUT2D eigenvalue weighted by atomic mass is 32.1. The highest BCUT2D eigenvalue weighted by molar-refractivity contribution is 7.08. The van der Waals surface area contributed by atoms with Crippen molar-refractivity contribution in [3.8, 4) is 0 Å². The van der Waals surface area contributed by atoms with Crippen LogP contribution < -0.4 is 0 Å². The van der Waals surface area contributed by atoms with Crippen LogP contribution in [0.25, 0.3) is 12.2 Å². The number of hydrogen-bond donors (Lipinski definition) is 0. The van der Waals surface area contributed by atoms with Gasteiger partial charge >= 0.3 is 0 Å². The maximum absolute atomic E-state index is 13.3. The molecule has 0 aliphatic rings. The van der Waals surface area contributed by atoms with E-state index < -0.39 is 34.6 Å². The van der Waals surface area contributed by atoms with Gasteiger partial charge in [0.05, 0.1) is 5.56 Å². The van der Waals surface area contributed by atoms with Crippen molar-refractivity contribution in [2.75, 3.05) is 0 Å². The van der Waals surface area contributed by atoms with Crippen LogP contribution in [0.3, 0.4) is 0 Å². The van der Waals surface area contributed by atoms with E-state index in [0.29, 0.717) is 5.56 Å². The first-order valence-corrected chi connectivity index (χ1v) is 5.68. The molecule has 6 heteroatoms.